The molecular formula is C30H32F3N7O4. The van der Waals surface area contributed by atoms with E-state index in [1.807, 2.05) is 43.1 Å². The topological polar surface area (TPSA) is 129 Å². The number of carbonyl (C=O) groups is 2. The number of hydrogen-bond donors (Lipinski definition) is 4. The van der Waals surface area contributed by atoms with Crippen LogP contribution in [0.15, 0.2) is 76.7 Å². The first-order valence-electron chi connectivity index (χ1n) is 13.5. The number of urea groups is 1. The first kappa shape index (κ1) is 31.8. The van der Waals surface area contributed by atoms with Gasteiger partial charge in [0.15, 0.2) is 0 Å². The Morgan fingerprint density at radius 2 is 1.59 bits per heavy atom. The van der Waals surface area contributed by atoms with Crippen molar-refractivity contribution >= 4 is 46.5 Å². The summed E-state index contributed by atoms with van der Waals surface area (Å²) < 4.78 is 45.8. The second kappa shape index (κ2) is 14.4. The Labute approximate surface area is 252 Å². The minimum absolute atomic E-state index is 0.193. The molecule has 1 aliphatic heterocycles. The monoisotopic (exact) mass is 611 g/mol. The average molecular weight is 612 g/mol. The van der Waals surface area contributed by atoms with Crippen molar-refractivity contribution in [1.82, 2.24) is 5.32 Å². The smallest absolute Gasteiger partial charge is 0.406 e. The molecule has 14 heteroatoms. The Balaban J connectivity index is 1.34. The molecule has 0 saturated heterocycles. The summed E-state index contributed by atoms with van der Waals surface area (Å²) in [4.78, 5) is 36.0. The number of aryl methyl sites for hydroxylation is 1. The number of nitrogens with zero attached hydrogens (tertiary/aromatic N) is 3. The fourth-order valence-electron chi connectivity index (χ4n) is 4.17. The van der Waals surface area contributed by atoms with Gasteiger partial charge in [0.1, 0.15) is 11.6 Å². The van der Waals surface area contributed by atoms with Crippen molar-refractivity contribution in [3.05, 3.63) is 77.9 Å². The number of methoxy groups -OCH3 is 1. The van der Waals surface area contributed by atoms with Gasteiger partial charge in [-0.2, -0.15) is 4.99 Å². The number of amidine groups is 1. The lowest BCUT2D eigenvalue weighted by Gasteiger charge is -2.24. The first-order chi connectivity index (χ1) is 21.0. The summed E-state index contributed by atoms with van der Waals surface area (Å²) in [6.45, 7) is 3.21. The Kier molecular flexibility index (Phi) is 10.4. The van der Waals surface area contributed by atoms with E-state index in [1.54, 1.807) is 25.3 Å². The number of anilines is 4. The van der Waals surface area contributed by atoms with E-state index in [-0.39, 0.29) is 11.7 Å². The summed E-state index contributed by atoms with van der Waals surface area (Å²) in [6, 6.07) is 16.8. The highest BCUT2D eigenvalue weighted by atomic mass is 19.4. The van der Waals surface area contributed by atoms with E-state index in [9.17, 15) is 22.8 Å². The maximum absolute atomic E-state index is 12.6. The van der Waals surface area contributed by atoms with Crippen molar-refractivity contribution in [2.45, 2.75) is 19.7 Å². The summed E-state index contributed by atoms with van der Waals surface area (Å²) in [5, 5.41) is 11.3. The highest BCUT2D eigenvalue weighted by molar-refractivity contribution is 6.10. The lowest BCUT2D eigenvalue weighted by atomic mass is 10.1. The van der Waals surface area contributed by atoms with Gasteiger partial charge < -0.3 is 35.6 Å². The minimum Gasteiger partial charge on any atom is -0.406 e. The molecule has 3 amide bonds. The number of halogens is 3. The van der Waals surface area contributed by atoms with Crippen LogP contribution in [0.4, 0.5) is 40.7 Å². The maximum Gasteiger partial charge on any atom is 0.573 e. The van der Waals surface area contributed by atoms with Gasteiger partial charge in [0.05, 0.1) is 6.61 Å². The van der Waals surface area contributed by atoms with Gasteiger partial charge in [0, 0.05) is 62.0 Å². The number of hydrogen-bond acceptors (Lipinski definition) is 8. The van der Waals surface area contributed by atoms with Gasteiger partial charge in [0.2, 0.25) is 5.96 Å². The lowest BCUT2D eigenvalue weighted by Crippen LogP contribution is -2.31. The van der Waals surface area contributed by atoms with Gasteiger partial charge in [-0.25, -0.2) is 4.79 Å². The highest BCUT2D eigenvalue weighted by Gasteiger charge is 2.31. The van der Waals surface area contributed by atoms with Crippen LogP contribution < -0.4 is 30.9 Å². The molecule has 0 atom stereocenters. The van der Waals surface area contributed by atoms with E-state index in [2.05, 4.69) is 36.0 Å². The predicted octanol–water partition coefficient (Wildman–Crippen LogP) is 5.62. The molecule has 3 aromatic carbocycles. The third-order valence-electron chi connectivity index (χ3n) is 6.41. The summed E-state index contributed by atoms with van der Waals surface area (Å²) >= 11 is 0. The molecule has 1 heterocycles. The summed E-state index contributed by atoms with van der Waals surface area (Å²) in [5.74, 6) is 0.605. The van der Waals surface area contributed by atoms with Crippen molar-refractivity contribution in [2.24, 2.45) is 9.98 Å². The molecule has 44 heavy (non-hydrogen) atoms. The van der Waals surface area contributed by atoms with Crippen LogP contribution in [0, 0.1) is 6.92 Å². The molecule has 4 N–H and O–H groups in total. The second-order valence-electron chi connectivity index (χ2n) is 9.64. The zero-order chi connectivity index (χ0) is 31.7. The van der Waals surface area contributed by atoms with E-state index in [4.69, 9.17) is 4.74 Å². The third-order valence-corrected chi connectivity index (χ3v) is 6.41. The minimum atomic E-state index is -4.79. The van der Waals surface area contributed by atoms with E-state index in [0.717, 1.165) is 29.2 Å². The normalized spacial score (nSPS) is 12.9. The average Bonchev–Trinajstić information content (AvgIpc) is 2.98. The van der Waals surface area contributed by atoms with Crippen LogP contribution in [0.1, 0.15) is 22.3 Å². The summed E-state index contributed by atoms with van der Waals surface area (Å²) in [6.07, 6.45) is -4.18. The molecular weight excluding hydrogens is 579 g/mol. The number of benzene rings is 3. The number of alkyl halides is 3. The molecule has 3 aromatic rings. The zero-order valence-electron chi connectivity index (χ0n) is 24.3. The van der Waals surface area contributed by atoms with Gasteiger partial charge in [0.25, 0.3) is 5.91 Å². The predicted molar refractivity (Wildman–Crippen MR) is 164 cm³/mol. The molecule has 0 bridgehead atoms. The molecule has 11 nitrogen and oxygen atoms in total. The van der Waals surface area contributed by atoms with Crippen LogP contribution in [0.25, 0.3) is 0 Å². The molecule has 0 aliphatic carbocycles. The highest BCUT2D eigenvalue weighted by Crippen LogP contribution is 2.24. The van der Waals surface area contributed by atoms with Gasteiger partial charge in [-0.15, -0.1) is 13.2 Å². The number of rotatable bonds is 9. The number of aliphatic imine (C=N–C) groups is 2. The van der Waals surface area contributed by atoms with Crippen molar-refractivity contribution in [3.63, 3.8) is 0 Å². The lowest BCUT2D eigenvalue weighted by molar-refractivity contribution is -0.274. The second-order valence-corrected chi connectivity index (χ2v) is 9.64. The molecule has 232 valence electrons. The Bertz CT molecular complexity index is 1530. The number of ether oxygens (including phenoxy) is 2. The van der Waals surface area contributed by atoms with Gasteiger partial charge in [-0.1, -0.05) is 6.07 Å². The molecule has 0 spiro atoms. The number of guanidine groups is 1. The van der Waals surface area contributed by atoms with Crippen LogP contribution in [0.2, 0.25) is 0 Å². The molecule has 0 aromatic heterocycles. The Hall–Kier alpha value is -5.11. The largest absolute Gasteiger partial charge is 0.573 e. The number of carbonyl (C=O) groups excluding carboxylic acids is 2. The summed E-state index contributed by atoms with van der Waals surface area (Å²) in [7, 11) is 3.45. The number of amides is 3. The van der Waals surface area contributed by atoms with Crippen molar-refractivity contribution < 1.29 is 32.2 Å². The van der Waals surface area contributed by atoms with Crippen molar-refractivity contribution in [2.75, 3.05) is 54.7 Å². The standard InChI is InChI=1S/C30H32F3N7O4/c1-19-4-5-22(18-25(19)27(41)34-16-17-43-3)36-28-35-15-14-26(39-28)40(2)23-10-6-20(7-11-23)37-29(42)38-21-8-12-24(13-9-21)44-30(31,32)33/h4-13,18H,14-17H2,1-3H3,(H,34,41)(H,35,36)(H2,37,38,42). The zero-order valence-corrected chi connectivity index (χ0v) is 24.3. The SMILES string of the molecule is COCCNC(=O)c1cc(NC2=NCCC(N(C)c3ccc(NC(=O)Nc4ccc(OC(F)(F)F)cc4)cc3)=N2)ccc1C. The third kappa shape index (κ3) is 9.19. The van der Waals surface area contributed by atoms with Crippen LogP contribution in [-0.2, 0) is 4.74 Å². The maximum atomic E-state index is 12.6. The van der Waals surface area contributed by atoms with Gasteiger partial charge >= 0.3 is 12.4 Å². The van der Waals surface area contributed by atoms with Crippen molar-refractivity contribution in [1.29, 1.82) is 0 Å². The molecule has 0 fully saturated rings. The van der Waals surface area contributed by atoms with Gasteiger partial charge in [-0.05, 0) is 73.2 Å². The fraction of sp³-hybridized carbons (Fsp3) is 0.267. The number of nitrogens with one attached hydrogen (secondary N) is 4. The van der Waals surface area contributed by atoms with E-state index >= 15 is 0 Å². The Morgan fingerprint density at radius 3 is 2.23 bits per heavy atom. The molecule has 4 rings (SSSR count). The van der Waals surface area contributed by atoms with E-state index in [0.29, 0.717) is 54.7 Å². The van der Waals surface area contributed by atoms with Crippen molar-refractivity contribution in [3.8, 4) is 5.75 Å². The molecule has 0 saturated carbocycles. The van der Waals surface area contributed by atoms with Crippen LogP contribution in [0.5, 0.6) is 5.75 Å². The molecule has 0 radical (unpaired) electrons. The quantitative estimate of drug-likeness (QED) is 0.233. The first-order valence-corrected chi connectivity index (χ1v) is 13.5. The summed E-state index contributed by atoms with van der Waals surface area (Å²) in [5.41, 5.74) is 3.68. The van der Waals surface area contributed by atoms with Gasteiger partial charge in [-0.3, -0.25) is 9.79 Å². The van der Waals surface area contributed by atoms with Crippen LogP contribution in [-0.4, -0.2) is 63.9 Å². The van der Waals surface area contributed by atoms with E-state index in [1.165, 1.54) is 12.1 Å². The van der Waals surface area contributed by atoms with E-state index < -0.39 is 12.4 Å². The fourth-order valence-corrected chi connectivity index (χ4v) is 4.17. The Morgan fingerprint density at radius 1 is 0.955 bits per heavy atom. The molecule has 0 unspecified atom stereocenters. The van der Waals surface area contributed by atoms with Crippen LogP contribution in [0.3, 0.4) is 0 Å². The molecule has 1 aliphatic rings. The van der Waals surface area contributed by atoms with Crippen LogP contribution >= 0.6 is 0 Å².